The third kappa shape index (κ3) is 6.28. The van der Waals surface area contributed by atoms with Crippen molar-refractivity contribution in [1.82, 2.24) is 10.6 Å². The second-order valence-electron chi connectivity index (χ2n) is 7.69. The Morgan fingerprint density at radius 3 is 2.16 bits per heavy atom. The summed E-state index contributed by atoms with van der Waals surface area (Å²) in [4.78, 5) is 37.3. The Labute approximate surface area is 188 Å². The molecular formula is C26H27N3O3. The fourth-order valence-electron chi connectivity index (χ4n) is 3.18. The molecule has 32 heavy (non-hydrogen) atoms. The third-order valence-corrected chi connectivity index (χ3v) is 5.14. The van der Waals surface area contributed by atoms with Crippen molar-refractivity contribution < 1.29 is 14.4 Å². The first-order chi connectivity index (χ1) is 15.4. The molecule has 164 valence electrons. The molecule has 0 saturated heterocycles. The predicted octanol–water partition coefficient (Wildman–Crippen LogP) is 3.78. The second-order valence-corrected chi connectivity index (χ2v) is 7.69. The molecule has 0 aromatic heterocycles. The fourth-order valence-corrected chi connectivity index (χ4v) is 3.18. The Kier molecular flexibility index (Phi) is 7.75. The number of benzene rings is 3. The van der Waals surface area contributed by atoms with Crippen LogP contribution in [0.3, 0.4) is 0 Å². The summed E-state index contributed by atoms with van der Waals surface area (Å²) >= 11 is 0. The monoisotopic (exact) mass is 429 g/mol. The van der Waals surface area contributed by atoms with E-state index in [4.69, 9.17) is 0 Å². The lowest BCUT2D eigenvalue weighted by Crippen LogP contribution is -2.37. The topological polar surface area (TPSA) is 87.3 Å². The van der Waals surface area contributed by atoms with E-state index in [2.05, 4.69) is 16.0 Å². The van der Waals surface area contributed by atoms with E-state index in [1.807, 2.05) is 68.4 Å². The van der Waals surface area contributed by atoms with Gasteiger partial charge in [0.25, 0.3) is 5.91 Å². The fraction of sp³-hybridized carbons (Fsp3) is 0.192. The van der Waals surface area contributed by atoms with E-state index in [9.17, 15) is 14.4 Å². The first kappa shape index (κ1) is 22.7. The molecule has 3 amide bonds. The molecule has 0 aliphatic rings. The van der Waals surface area contributed by atoms with Crippen LogP contribution < -0.4 is 16.0 Å². The zero-order valence-electron chi connectivity index (χ0n) is 18.2. The number of para-hydroxylation sites is 1. The van der Waals surface area contributed by atoms with Gasteiger partial charge in [-0.1, -0.05) is 79.2 Å². The van der Waals surface area contributed by atoms with Gasteiger partial charge >= 0.3 is 11.8 Å². The van der Waals surface area contributed by atoms with Crippen molar-refractivity contribution in [3.05, 3.63) is 101 Å². The van der Waals surface area contributed by atoms with Crippen LogP contribution in [0.5, 0.6) is 0 Å². The lowest BCUT2D eigenvalue weighted by molar-refractivity contribution is -0.136. The van der Waals surface area contributed by atoms with Gasteiger partial charge in [-0.25, -0.2) is 0 Å². The summed E-state index contributed by atoms with van der Waals surface area (Å²) in [7, 11) is 0. The highest BCUT2D eigenvalue weighted by Gasteiger charge is 2.18. The second kappa shape index (κ2) is 10.9. The smallest absolute Gasteiger partial charge is 0.313 e. The highest BCUT2D eigenvalue weighted by molar-refractivity contribution is 6.40. The maximum atomic E-state index is 12.7. The van der Waals surface area contributed by atoms with Gasteiger partial charge in [0.05, 0.1) is 11.3 Å². The van der Waals surface area contributed by atoms with Gasteiger partial charge in [0, 0.05) is 13.1 Å². The molecule has 0 spiro atoms. The first-order valence-electron chi connectivity index (χ1n) is 10.5. The zero-order valence-corrected chi connectivity index (χ0v) is 18.2. The average Bonchev–Trinajstić information content (AvgIpc) is 2.82. The number of rotatable bonds is 7. The highest BCUT2D eigenvalue weighted by atomic mass is 16.2. The molecule has 0 saturated carbocycles. The molecule has 1 atom stereocenters. The zero-order chi connectivity index (χ0) is 22.9. The lowest BCUT2D eigenvalue weighted by atomic mass is 10.0. The maximum Gasteiger partial charge on any atom is 0.313 e. The summed E-state index contributed by atoms with van der Waals surface area (Å²) in [5, 5.41) is 8.04. The summed E-state index contributed by atoms with van der Waals surface area (Å²) in [6, 6.07) is 24.2. The molecule has 0 fully saturated rings. The Morgan fingerprint density at radius 2 is 1.44 bits per heavy atom. The molecule has 6 nitrogen and oxygen atoms in total. The van der Waals surface area contributed by atoms with Crippen molar-refractivity contribution in [3.8, 4) is 0 Å². The minimum absolute atomic E-state index is 0.0628. The number of anilines is 1. The van der Waals surface area contributed by atoms with E-state index in [1.54, 1.807) is 24.3 Å². The summed E-state index contributed by atoms with van der Waals surface area (Å²) in [6.45, 7) is 4.66. The van der Waals surface area contributed by atoms with E-state index in [0.29, 0.717) is 18.7 Å². The number of carbonyl (C=O) groups excluding carboxylic acids is 3. The van der Waals surface area contributed by atoms with Crippen molar-refractivity contribution in [2.45, 2.75) is 26.3 Å². The molecule has 3 aromatic rings. The molecule has 0 aliphatic heterocycles. The SMILES string of the molecule is Cc1ccc(CNC(=O)c2ccccc2NC(=O)C(=O)NC[C@H](C)c2ccccc2)cc1. The largest absolute Gasteiger partial charge is 0.348 e. The first-order valence-corrected chi connectivity index (χ1v) is 10.5. The molecule has 3 rings (SSSR count). The van der Waals surface area contributed by atoms with Crippen molar-refractivity contribution in [2.75, 3.05) is 11.9 Å². The molecule has 3 aromatic carbocycles. The summed E-state index contributed by atoms with van der Waals surface area (Å²) < 4.78 is 0. The Bertz CT molecular complexity index is 1080. The van der Waals surface area contributed by atoms with Gasteiger partial charge in [-0.05, 0) is 36.1 Å². The van der Waals surface area contributed by atoms with Gasteiger partial charge in [-0.2, -0.15) is 0 Å². The van der Waals surface area contributed by atoms with Gasteiger partial charge in [0.1, 0.15) is 0 Å². The van der Waals surface area contributed by atoms with Gasteiger partial charge in [-0.15, -0.1) is 0 Å². The van der Waals surface area contributed by atoms with Crippen molar-refractivity contribution in [1.29, 1.82) is 0 Å². The van der Waals surface area contributed by atoms with Crippen LogP contribution in [0.2, 0.25) is 0 Å². The maximum absolute atomic E-state index is 12.7. The van der Waals surface area contributed by atoms with Crippen LogP contribution in [0.15, 0.2) is 78.9 Å². The molecule has 6 heteroatoms. The average molecular weight is 430 g/mol. The number of aryl methyl sites for hydroxylation is 1. The highest BCUT2D eigenvalue weighted by Crippen LogP contribution is 2.16. The van der Waals surface area contributed by atoms with E-state index >= 15 is 0 Å². The number of amides is 3. The molecule has 0 heterocycles. The molecule has 0 unspecified atom stereocenters. The van der Waals surface area contributed by atoms with Gasteiger partial charge in [0.2, 0.25) is 0 Å². The number of hydrogen-bond donors (Lipinski definition) is 3. The minimum atomic E-state index is -0.816. The lowest BCUT2D eigenvalue weighted by Gasteiger charge is -2.14. The Morgan fingerprint density at radius 1 is 0.781 bits per heavy atom. The summed E-state index contributed by atoms with van der Waals surface area (Å²) in [5.74, 6) is -1.83. The normalized spacial score (nSPS) is 11.3. The van der Waals surface area contributed by atoms with Crippen LogP contribution in [0.1, 0.15) is 39.9 Å². The van der Waals surface area contributed by atoms with Crippen molar-refractivity contribution >= 4 is 23.4 Å². The molecule has 0 radical (unpaired) electrons. The van der Waals surface area contributed by atoms with Crippen LogP contribution in [-0.4, -0.2) is 24.3 Å². The van der Waals surface area contributed by atoms with Crippen LogP contribution in [0.25, 0.3) is 0 Å². The quantitative estimate of drug-likeness (QED) is 0.500. The molecule has 3 N–H and O–H groups in total. The van der Waals surface area contributed by atoms with E-state index in [-0.39, 0.29) is 17.5 Å². The molecular weight excluding hydrogens is 402 g/mol. The third-order valence-electron chi connectivity index (χ3n) is 5.14. The molecule has 0 aliphatic carbocycles. The van der Waals surface area contributed by atoms with Crippen molar-refractivity contribution in [3.63, 3.8) is 0 Å². The van der Waals surface area contributed by atoms with Crippen LogP contribution in [-0.2, 0) is 16.1 Å². The Balaban J connectivity index is 1.57. The van der Waals surface area contributed by atoms with Gasteiger partial charge < -0.3 is 16.0 Å². The van der Waals surface area contributed by atoms with E-state index < -0.39 is 11.8 Å². The van der Waals surface area contributed by atoms with Crippen LogP contribution in [0.4, 0.5) is 5.69 Å². The summed E-state index contributed by atoms with van der Waals surface area (Å²) in [6.07, 6.45) is 0. The predicted molar refractivity (Wildman–Crippen MR) is 125 cm³/mol. The van der Waals surface area contributed by atoms with Crippen molar-refractivity contribution in [2.24, 2.45) is 0 Å². The van der Waals surface area contributed by atoms with E-state index in [0.717, 1.165) is 16.7 Å². The summed E-state index contributed by atoms with van der Waals surface area (Å²) in [5.41, 5.74) is 3.76. The number of hydrogen-bond acceptors (Lipinski definition) is 3. The van der Waals surface area contributed by atoms with Gasteiger partial charge in [-0.3, -0.25) is 14.4 Å². The van der Waals surface area contributed by atoms with Crippen LogP contribution >= 0.6 is 0 Å². The van der Waals surface area contributed by atoms with Crippen LogP contribution in [0, 0.1) is 6.92 Å². The number of nitrogens with one attached hydrogen (secondary N) is 3. The van der Waals surface area contributed by atoms with Gasteiger partial charge in [0.15, 0.2) is 0 Å². The standard InChI is InChI=1S/C26H27N3O3/c1-18-12-14-20(15-13-18)17-28-24(30)22-10-6-7-11-23(22)29-26(32)25(31)27-16-19(2)21-8-4-3-5-9-21/h3-15,19H,16-17H2,1-2H3,(H,27,31)(H,28,30)(H,29,32)/t19-/m0/s1. The number of carbonyl (C=O) groups is 3. The molecule has 0 bridgehead atoms. The minimum Gasteiger partial charge on any atom is -0.348 e. The van der Waals surface area contributed by atoms with E-state index in [1.165, 1.54) is 0 Å². The Hall–Kier alpha value is -3.93.